The number of urea groups is 1. The quantitative estimate of drug-likeness (QED) is 0.900. The molecule has 1 aliphatic carbocycles. The van der Waals surface area contributed by atoms with Crippen molar-refractivity contribution in [2.24, 2.45) is 0 Å². The van der Waals surface area contributed by atoms with Crippen molar-refractivity contribution in [2.75, 3.05) is 31.1 Å². The van der Waals surface area contributed by atoms with Crippen LogP contribution in [0, 0.1) is 6.92 Å². The summed E-state index contributed by atoms with van der Waals surface area (Å²) >= 11 is 3.58. The number of amides is 2. The lowest BCUT2D eigenvalue weighted by Gasteiger charge is -2.36. The average Bonchev–Trinajstić information content (AvgIpc) is 3.26. The number of piperazine rings is 1. The molecule has 5 heteroatoms. The van der Waals surface area contributed by atoms with Gasteiger partial charge in [-0.1, -0.05) is 22.0 Å². The van der Waals surface area contributed by atoms with Crippen LogP contribution in [-0.2, 0) is 0 Å². The summed E-state index contributed by atoms with van der Waals surface area (Å²) in [6.45, 7) is 5.48. The van der Waals surface area contributed by atoms with Gasteiger partial charge in [-0.3, -0.25) is 0 Å². The molecule has 1 aromatic rings. The molecule has 3 rings (SSSR count). The van der Waals surface area contributed by atoms with Crippen LogP contribution in [0.15, 0.2) is 22.7 Å². The maximum absolute atomic E-state index is 12.0. The zero-order valence-corrected chi connectivity index (χ0v) is 13.3. The molecule has 1 saturated heterocycles. The van der Waals surface area contributed by atoms with Crippen LogP contribution in [-0.4, -0.2) is 43.2 Å². The van der Waals surface area contributed by atoms with Crippen LogP contribution >= 0.6 is 15.9 Å². The van der Waals surface area contributed by atoms with Crippen molar-refractivity contribution in [2.45, 2.75) is 25.8 Å². The van der Waals surface area contributed by atoms with E-state index >= 15 is 0 Å². The molecule has 20 heavy (non-hydrogen) atoms. The summed E-state index contributed by atoms with van der Waals surface area (Å²) in [7, 11) is 0. The first kappa shape index (κ1) is 13.7. The van der Waals surface area contributed by atoms with Crippen molar-refractivity contribution >= 4 is 27.6 Å². The van der Waals surface area contributed by atoms with E-state index in [1.807, 2.05) is 4.90 Å². The standard InChI is InChI=1S/C15H20BrN3O/c1-11-2-5-13(10-14(11)16)18-6-8-19(9-7-18)15(20)17-12-3-4-12/h2,5,10,12H,3-4,6-9H2,1H3,(H,17,20). The Morgan fingerprint density at radius 3 is 2.55 bits per heavy atom. The summed E-state index contributed by atoms with van der Waals surface area (Å²) in [6, 6.07) is 6.99. The molecule has 0 bridgehead atoms. The fraction of sp³-hybridized carbons (Fsp3) is 0.533. The maximum atomic E-state index is 12.0. The van der Waals surface area contributed by atoms with Crippen molar-refractivity contribution in [3.05, 3.63) is 28.2 Å². The highest BCUT2D eigenvalue weighted by atomic mass is 79.9. The first-order valence-electron chi connectivity index (χ1n) is 7.20. The SMILES string of the molecule is Cc1ccc(N2CCN(C(=O)NC3CC3)CC2)cc1Br. The number of anilines is 1. The Labute approximate surface area is 128 Å². The van der Waals surface area contributed by atoms with Crippen molar-refractivity contribution in [1.29, 1.82) is 0 Å². The van der Waals surface area contributed by atoms with E-state index in [4.69, 9.17) is 0 Å². The monoisotopic (exact) mass is 337 g/mol. The molecule has 1 saturated carbocycles. The molecular formula is C15H20BrN3O. The van der Waals surface area contributed by atoms with Gasteiger partial charge in [-0.2, -0.15) is 0 Å². The molecule has 2 aliphatic rings. The molecule has 2 fully saturated rings. The number of aryl methyl sites for hydroxylation is 1. The first-order chi connectivity index (χ1) is 9.63. The summed E-state index contributed by atoms with van der Waals surface area (Å²) in [5.74, 6) is 0. The number of carbonyl (C=O) groups excluding carboxylic acids is 1. The van der Waals surface area contributed by atoms with E-state index < -0.39 is 0 Å². The lowest BCUT2D eigenvalue weighted by Crippen LogP contribution is -2.52. The molecule has 0 unspecified atom stereocenters. The zero-order valence-electron chi connectivity index (χ0n) is 11.7. The lowest BCUT2D eigenvalue weighted by molar-refractivity contribution is 0.194. The van der Waals surface area contributed by atoms with E-state index in [-0.39, 0.29) is 6.03 Å². The van der Waals surface area contributed by atoms with Gasteiger partial charge < -0.3 is 15.1 Å². The number of carbonyl (C=O) groups is 1. The molecule has 2 amide bonds. The van der Waals surface area contributed by atoms with Crippen LogP contribution in [0.1, 0.15) is 18.4 Å². The van der Waals surface area contributed by atoms with Gasteiger partial charge in [0.2, 0.25) is 0 Å². The van der Waals surface area contributed by atoms with E-state index in [9.17, 15) is 4.79 Å². The number of hydrogen-bond acceptors (Lipinski definition) is 2. The van der Waals surface area contributed by atoms with Crippen LogP contribution in [0.25, 0.3) is 0 Å². The summed E-state index contributed by atoms with van der Waals surface area (Å²) in [5.41, 5.74) is 2.47. The van der Waals surface area contributed by atoms with Gasteiger partial charge in [-0.05, 0) is 37.5 Å². The summed E-state index contributed by atoms with van der Waals surface area (Å²) in [4.78, 5) is 16.2. The minimum Gasteiger partial charge on any atom is -0.368 e. The average molecular weight is 338 g/mol. The number of rotatable bonds is 2. The van der Waals surface area contributed by atoms with Gasteiger partial charge in [0.25, 0.3) is 0 Å². The van der Waals surface area contributed by atoms with Crippen LogP contribution < -0.4 is 10.2 Å². The fourth-order valence-electron chi connectivity index (χ4n) is 2.44. The number of nitrogens with zero attached hydrogens (tertiary/aromatic N) is 2. The third-order valence-electron chi connectivity index (χ3n) is 3.99. The molecule has 0 radical (unpaired) electrons. The summed E-state index contributed by atoms with van der Waals surface area (Å²) < 4.78 is 1.14. The largest absolute Gasteiger partial charge is 0.368 e. The Balaban J connectivity index is 1.57. The van der Waals surface area contributed by atoms with Gasteiger partial charge in [0.1, 0.15) is 0 Å². The van der Waals surface area contributed by atoms with Crippen molar-refractivity contribution in [3.63, 3.8) is 0 Å². The highest BCUT2D eigenvalue weighted by Crippen LogP contribution is 2.24. The highest BCUT2D eigenvalue weighted by molar-refractivity contribution is 9.10. The van der Waals surface area contributed by atoms with Crippen LogP contribution in [0.4, 0.5) is 10.5 Å². The van der Waals surface area contributed by atoms with E-state index in [0.717, 1.165) is 43.5 Å². The van der Waals surface area contributed by atoms with Crippen LogP contribution in [0.2, 0.25) is 0 Å². The Hall–Kier alpha value is -1.23. The Morgan fingerprint density at radius 2 is 1.95 bits per heavy atom. The van der Waals surface area contributed by atoms with Crippen LogP contribution in [0.5, 0.6) is 0 Å². The smallest absolute Gasteiger partial charge is 0.317 e. The molecule has 1 heterocycles. The second kappa shape index (κ2) is 5.64. The molecular weight excluding hydrogens is 318 g/mol. The predicted octanol–water partition coefficient (Wildman–Crippen LogP) is 2.75. The molecule has 1 aliphatic heterocycles. The van der Waals surface area contributed by atoms with Gasteiger partial charge in [0, 0.05) is 42.4 Å². The Morgan fingerprint density at radius 1 is 1.25 bits per heavy atom. The number of hydrogen-bond donors (Lipinski definition) is 1. The fourth-order valence-corrected chi connectivity index (χ4v) is 2.81. The number of benzene rings is 1. The van der Waals surface area contributed by atoms with Crippen molar-refractivity contribution in [1.82, 2.24) is 10.2 Å². The predicted molar refractivity (Wildman–Crippen MR) is 84.2 cm³/mol. The molecule has 1 N–H and O–H groups in total. The molecule has 0 aromatic heterocycles. The minimum atomic E-state index is 0.109. The topological polar surface area (TPSA) is 35.6 Å². The molecule has 4 nitrogen and oxygen atoms in total. The highest BCUT2D eigenvalue weighted by Gasteiger charge is 2.27. The first-order valence-corrected chi connectivity index (χ1v) is 7.99. The second-order valence-electron chi connectivity index (χ2n) is 5.63. The number of halogens is 1. The second-order valence-corrected chi connectivity index (χ2v) is 6.49. The van der Waals surface area contributed by atoms with Gasteiger partial charge in [-0.15, -0.1) is 0 Å². The van der Waals surface area contributed by atoms with E-state index in [1.54, 1.807) is 0 Å². The summed E-state index contributed by atoms with van der Waals surface area (Å²) in [6.07, 6.45) is 2.28. The van der Waals surface area contributed by atoms with Gasteiger partial charge in [-0.25, -0.2) is 4.79 Å². The van der Waals surface area contributed by atoms with Gasteiger partial charge >= 0.3 is 6.03 Å². The van der Waals surface area contributed by atoms with E-state index in [2.05, 4.69) is 51.3 Å². The third kappa shape index (κ3) is 3.08. The third-order valence-corrected chi connectivity index (χ3v) is 4.85. The van der Waals surface area contributed by atoms with Crippen LogP contribution in [0.3, 0.4) is 0 Å². The maximum Gasteiger partial charge on any atom is 0.317 e. The number of nitrogens with one attached hydrogen (secondary N) is 1. The van der Waals surface area contributed by atoms with Gasteiger partial charge in [0.05, 0.1) is 0 Å². The van der Waals surface area contributed by atoms with Gasteiger partial charge in [0.15, 0.2) is 0 Å². The Bertz CT molecular complexity index is 508. The molecule has 0 atom stereocenters. The van der Waals surface area contributed by atoms with Crippen molar-refractivity contribution < 1.29 is 4.79 Å². The van der Waals surface area contributed by atoms with E-state index in [1.165, 1.54) is 11.3 Å². The Kier molecular flexibility index (Phi) is 3.87. The minimum absolute atomic E-state index is 0.109. The molecule has 108 valence electrons. The van der Waals surface area contributed by atoms with E-state index in [0.29, 0.717) is 6.04 Å². The lowest BCUT2D eigenvalue weighted by atomic mass is 10.2. The molecule has 0 spiro atoms. The summed E-state index contributed by atoms with van der Waals surface area (Å²) in [5, 5.41) is 3.06. The molecule has 1 aromatic carbocycles. The zero-order chi connectivity index (χ0) is 14.1. The normalized spacial score (nSPS) is 19.1. The van der Waals surface area contributed by atoms with Crippen molar-refractivity contribution in [3.8, 4) is 0 Å².